The number of nitrogens with one attached hydrogen (secondary N) is 2. The van der Waals surface area contributed by atoms with Gasteiger partial charge in [0, 0.05) is 42.2 Å². The van der Waals surface area contributed by atoms with Gasteiger partial charge in [0.25, 0.3) is 0 Å². The number of amides is 1. The molecule has 11 heteroatoms. The summed E-state index contributed by atoms with van der Waals surface area (Å²) in [6.45, 7) is 4.74. The zero-order valence-electron chi connectivity index (χ0n) is 16.5. The first-order chi connectivity index (χ1) is 14.1. The number of halogens is 3. The summed E-state index contributed by atoms with van der Waals surface area (Å²) < 4.78 is 42.1. The lowest BCUT2D eigenvalue weighted by Crippen LogP contribution is -2.41. The van der Waals surface area contributed by atoms with Crippen molar-refractivity contribution in [2.75, 3.05) is 10.6 Å². The van der Waals surface area contributed by atoms with E-state index in [1.807, 2.05) is 0 Å². The van der Waals surface area contributed by atoms with Crippen molar-refractivity contribution < 1.29 is 18.0 Å². The van der Waals surface area contributed by atoms with Crippen molar-refractivity contribution in [1.82, 2.24) is 19.7 Å². The highest BCUT2D eigenvalue weighted by atomic mass is 19.1. The smallest absolute Gasteiger partial charge is 0.244 e. The Morgan fingerprint density at radius 3 is 2.50 bits per heavy atom. The van der Waals surface area contributed by atoms with E-state index in [0.717, 1.165) is 0 Å². The third kappa shape index (κ3) is 4.34. The molecule has 2 aromatic heterocycles. The number of anilines is 3. The van der Waals surface area contributed by atoms with Gasteiger partial charge in [-0.2, -0.15) is 10.1 Å². The number of primary amides is 1. The van der Waals surface area contributed by atoms with Crippen LogP contribution in [0.5, 0.6) is 0 Å². The van der Waals surface area contributed by atoms with Crippen LogP contribution in [0.15, 0.2) is 30.7 Å². The molecule has 0 saturated carbocycles. The van der Waals surface area contributed by atoms with Crippen molar-refractivity contribution in [3.05, 3.63) is 59.3 Å². The van der Waals surface area contributed by atoms with Crippen LogP contribution < -0.4 is 16.4 Å². The van der Waals surface area contributed by atoms with Gasteiger partial charge < -0.3 is 16.4 Å². The fourth-order valence-corrected chi connectivity index (χ4v) is 2.53. The maximum Gasteiger partial charge on any atom is 0.244 e. The third-order valence-electron chi connectivity index (χ3n) is 4.52. The molecule has 3 aromatic rings. The second-order valence-corrected chi connectivity index (χ2v) is 7.15. The Kier molecular flexibility index (Phi) is 5.63. The largest absolute Gasteiger partial charge is 0.368 e. The summed E-state index contributed by atoms with van der Waals surface area (Å²) in [5.74, 6) is -2.99. The van der Waals surface area contributed by atoms with Crippen LogP contribution in [0.1, 0.15) is 25.0 Å². The fraction of sp³-hybridized carbons (Fsp3) is 0.263. The lowest BCUT2D eigenvalue weighted by atomic mass is 10.1. The van der Waals surface area contributed by atoms with Crippen LogP contribution in [0.3, 0.4) is 0 Å². The summed E-state index contributed by atoms with van der Waals surface area (Å²) in [5.41, 5.74) is 5.20. The minimum absolute atomic E-state index is 0.194. The number of nitrogens with two attached hydrogens (primary N) is 1. The SMILES string of the molecule is Cc1cnc(Nc2cnn(C(C)(C)C(N)=O)c2)nc1NCc1c(F)cc(F)cc1F. The Bertz CT molecular complexity index is 1070. The highest BCUT2D eigenvalue weighted by Gasteiger charge is 2.28. The van der Waals surface area contributed by atoms with E-state index in [1.165, 1.54) is 17.1 Å². The van der Waals surface area contributed by atoms with Crippen LogP contribution in [-0.2, 0) is 16.9 Å². The van der Waals surface area contributed by atoms with Crippen molar-refractivity contribution >= 4 is 23.4 Å². The molecule has 0 atom stereocenters. The molecule has 0 saturated heterocycles. The molecule has 0 aliphatic heterocycles. The number of nitrogens with zero attached hydrogens (tertiary/aromatic N) is 4. The van der Waals surface area contributed by atoms with E-state index in [1.54, 1.807) is 27.0 Å². The van der Waals surface area contributed by atoms with Crippen LogP contribution in [0.25, 0.3) is 0 Å². The molecule has 1 aromatic carbocycles. The Hall–Kier alpha value is -3.63. The highest BCUT2D eigenvalue weighted by molar-refractivity contribution is 5.81. The molecule has 0 bridgehead atoms. The third-order valence-corrected chi connectivity index (χ3v) is 4.52. The molecule has 1 amide bonds. The second-order valence-electron chi connectivity index (χ2n) is 7.15. The van der Waals surface area contributed by atoms with Crippen LogP contribution in [-0.4, -0.2) is 25.7 Å². The van der Waals surface area contributed by atoms with Crippen molar-refractivity contribution in [2.45, 2.75) is 32.9 Å². The predicted octanol–water partition coefficient (Wildman–Crippen LogP) is 2.97. The van der Waals surface area contributed by atoms with Crippen molar-refractivity contribution in [3.63, 3.8) is 0 Å². The first-order valence-corrected chi connectivity index (χ1v) is 8.91. The lowest BCUT2D eigenvalue weighted by molar-refractivity contribution is -0.125. The van der Waals surface area contributed by atoms with Crippen molar-refractivity contribution in [2.24, 2.45) is 5.73 Å². The van der Waals surface area contributed by atoms with Gasteiger partial charge >= 0.3 is 0 Å². The maximum absolute atomic E-state index is 13.8. The summed E-state index contributed by atoms with van der Waals surface area (Å²) in [6, 6.07) is 1.23. The normalized spacial score (nSPS) is 11.4. The van der Waals surface area contributed by atoms with Gasteiger partial charge in [-0.15, -0.1) is 0 Å². The van der Waals surface area contributed by atoms with Gasteiger partial charge in [0.2, 0.25) is 11.9 Å². The number of aromatic nitrogens is 4. The number of hydrogen-bond acceptors (Lipinski definition) is 6. The molecule has 0 unspecified atom stereocenters. The van der Waals surface area contributed by atoms with Gasteiger partial charge in [-0.05, 0) is 20.8 Å². The number of benzene rings is 1. The minimum atomic E-state index is -1.02. The van der Waals surface area contributed by atoms with E-state index in [0.29, 0.717) is 29.2 Å². The Morgan fingerprint density at radius 2 is 1.87 bits per heavy atom. The average molecular weight is 419 g/mol. The van der Waals surface area contributed by atoms with E-state index in [-0.39, 0.29) is 18.1 Å². The number of hydrogen-bond donors (Lipinski definition) is 3. The monoisotopic (exact) mass is 419 g/mol. The van der Waals surface area contributed by atoms with Crippen molar-refractivity contribution in [3.8, 4) is 0 Å². The molecule has 158 valence electrons. The van der Waals surface area contributed by atoms with Gasteiger partial charge in [0.15, 0.2) is 0 Å². The second kappa shape index (κ2) is 8.01. The first-order valence-electron chi connectivity index (χ1n) is 8.91. The molecule has 2 heterocycles. The Morgan fingerprint density at radius 1 is 1.20 bits per heavy atom. The maximum atomic E-state index is 13.8. The average Bonchev–Trinajstić information content (AvgIpc) is 3.12. The van der Waals surface area contributed by atoms with E-state index in [9.17, 15) is 18.0 Å². The summed E-state index contributed by atoms with van der Waals surface area (Å²) in [4.78, 5) is 20.0. The first kappa shape index (κ1) is 21.1. The van der Waals surface area contributed by atoms with E-state index in [2.05, 4.69) is 25.7 Å². The predicted molar refractivity (Wildman–Crippen MR) is 104 cm³/mol. The zero-order valence-corrected chi connectivity index (χ0v) is 16.5. The molecule has 0 radical (unpaired) electrons. The highest BCUT2D eigenvalue weighted by Crippen LogP contribution is 2.21. The molecular formula is C19H20F3N7O. The number of aryl methyl sites for hydroxylation is 1. The van der Waals surface area contributed by atoms with E-state index >= 15 is 0 Å². The zero-order chi connectivity index (χ0) is 22.1. The standard InChI is InChI=1S/C19H20F3N7O/c1-10-6-25-18(27-12-7-26-29(9-12)19(2,3)17(23)30)28-16(10)24-8-13-14(21)4-11(20)5-15(13)22/h4-7,9H,8H2,1-3H3,(H2,23,30)(H2,24,25,27,28). The summed E-state index contributed by atoms with van der Waals surface area (Å²) in [5, 5.41) is 9.88. The molecule has 0 aliphatic carbocycles. The van der Waals surface area contributed by atoms with Gasteiger partial charge in [-0.3, -0.25) is 9.48 Å². The molecule has 3 rings (SSSR count). The molecule has 4 N–H and O–H groups in total. The molecule has 0 aliphatic rings. The van der Waals surface area contributed by atoms with Crippen LogP contribution >= 0.6 is 0 Å². The molecule has 0 fully saturated rings. The molecule has 30 heavy (non-hydrogen) atoms. The van der Waals surface area contributed by atoms with Gasteiger partial charge in [0.05, 0.1) is 11.9 Å². The summed E-state index contributed by atoms with van der Waals surface area (Å²) in [7, 11) is 0. The lowest BCUT2D eigenvalue weighted by Gasteiger charge is -2.20. The number of carbonyl (C=O) groups is 1. The topological polar surface area (TPSA) is 111 Å². The van der Waals surface area contributed by atoms with Gasteiger partial charge in [-0.25, -0.2) is 18.2 Å². The van der Waals surface area contributed by atoms with Crippen LogP contribution in [0.4, 0.5) is 30.6 Å². The van der Waals surface area contributed by atoms with Crippen LogP contribution in [0.2, 0.25) is 0 Å². The molecular weight excluding hydrogens is 399 g/mol. The van der Waals surface area contributed by atoms with Gasteiger partial charge in [-0.1, -0.05) is 0 Å². The molecule has 8 nitrogen and oxygen atoms in total. The van der Waals surface area contributed by atoms with E-state index < -0.39 is 28.9 Å². The Balaban J connectivity index is 1.76. The number of carbonyl (C=O) groups excluding carboxylic acids is 1. The summed E-state index contributed by atoms with van der Waals surface area (Å²) >= 11 is 0. The van der Waals surface area contributed by atoms with Gasteiger partial charge in [0.1, 0.15) is 28.8 Å². The quantitative estimate of drug-likeness (QED) is 0.543. The van der Waals surface area contributed by atoms with E-state index in [4.69, 9.17) is 5.73 Å². The molecule has 0 spiro atoms. The number of rotatable bonds is 7. The van der Waals surface area contributed by atoms with Crippen molar-refractivity contribution in [1.29, 1.82) is 0 Å². The van der Waals surface area contributed by atoms with Crippen LogP contribution in [0, 0.1) is 24.4 Å². The summed E-state index contributed by atoms with van der Waals surface area (Å²) in [6.07, 6.45) is 4.57. The minimum Gasteiger partial charge on any atom is -0.368 e. The Labute approximate surface area is 170 Å². The fourth-order valence-electron chi connectivity index (χ4n) is 2.53.